The normalized spacial score (nSPS) is 14.9. The first-order valence-electron chi connectivity index (χ1n) is 7.65. The van der Waals surface area contributed by atoms with Crippen molar-refractivity contribution in [2.75, 3.05) is 7.11 Å². The van der Waals surface area contributed by atoms with E-state index in [9.17, 15) is 9.59 Å². The number of rotatable bonds is 5. The van der Waals surface area contributed by atoms with Gasteiger partial charge in [0.05, 0.1) is 21.6 Å². The zero-order valence-corrected chi connectivity index (χ0v) is 17.0. The highest BCUT2D eigenvalue weighted by molar-refractivity contribution is 9.10. The van der Waals surface area contributed by atoms with Crippen molar-refractivity contribution in [1.29, 1.82) is 0 Å². The van der Waals surface area contributed by atoms with E-state index in [1.807, 2.05) is 6.07 Å². The fourth-order valence-electron chi connectivity index (χ4n) is 2.40. The van der Waals surface area contributed by atoms with E-state index in [4.69, 9.17) is 32.7 Å². The molecule has 0 atom stereocenters. The Morgan fingerprint density at radius 3 is 2.52 bits per heavy atom. The zero-order chi connectivity index (χ0) is 19.6. The average molecular weight is 472 g/mol. The van der Waals surface area contributed by atoms with Crippen LogP contribution in [-0.2, 0) is 11.4 Å². The van der Waals surface area contributed by atoms with E-state index in [0.29, 0.717) is 31.6 Å². The lowest BCUT2D eigenvalue weighted by Gasteiger charge is -2.14. The number of carbonyl (C=O) groups is 2. The standard InChI is InChI=1S/C18H13BrCl2N2O4/c1-26-15-7-10(6-14-17(24)23-18(25)22-14)4-11(19)16(15)27-8-9-2-3-12(20)13(21)5-9/h2-7H,8H2,1H3,(H2,22,23,24,25). The number of benzene rings is 2. The molecule has 2 aromatic carbocycles. The van der Waals surface area contributed by atoms with Gasteiger partial charge in [0, 0.05) is 0 Å². The largest absolute Gasteiger partial charge is 0.493 e. The average Bonchev–Trinajstić information content (AvgIpc) is 2.93. The van der Waals surface area contributed by atoms with Crippen LogP contribution in [0, 0.1) is 0 Å². The van der Waals surface area contributed by atoms with E-state index < -0.39 is 11.9 Å². The quantitative estimate of drug-likeness (QED) is 0.496. The van der Waals surface area contributed by atoms with Crippen molar-refractivity contribution in [3.8, 4) is 11.5 Å². The van der Waals surface area contributed by atoms with E-state index in [1.54, 1.807) is 24.3 Å². The Labute approximate surface area is 173 Å². The monoisotopic (exact) mass is 470 g/mol. The Morgan fingerprint density at radius 2 is 1.89 bits per heavy atom. The number of imide groups is 1. The van der Waals surface area contributed by atoms with Crippen LogP contribution in [0.5, 0.6) is 11.5 Å². The van der Waals surface area contributed by atoms with Gasteiger partial charge in [0.1, 0.15) is 12.3 Å². The van der Waals surface area contributed by atoms with Gasteiger partial charge >= 0.3 is 6.03 Å². The molecule has 0 radical (unpaired) electrons. The molecule has 9 heteroatoms. The highest BCUT2D eigenvalue weighted by Crippen LogP contribution is 2.38. The molecule has 6 nitrogen and oxygen atoms in total. The molecule has 1 heterocycles. The second kappa shape index (κ2) is 8.21. The van der Waals surface area contributed by atoms with E-state index >= 15 is 0 Å². The van der Waals surface area contributed by atoms with Crippen LogP contribution in [0.4, 0.5) is 4.79 Å². The van der Waals surface area contributed by atoms with Crippen LogP contribution in [-0.4, -0.2) is 19.0 Å². The third-order valence-electron chi connectivity index (χ3n) is 3.65. The van der Waals surface area contributed by atoms with Gasteiger partial charge in [0.15, 0.2) is 11.5 Å². The van der Waals surface area contributed by atoms with Crippen molar-refractivity contribution in [2.45, 2.75) is 6.61 Å². The summed E-state index contributed by atoms with van der Waals surface area (Å²) in [4.78, 5) is 22.9. The Hall–Kier alpha value is -2.22. The number of ether oxygens (including phenoxy) is 2. The number of halogens is 3. The number of carbonyl (C=O) groups excluding carboxylic acids is 2. The molecule has 1 aliphatic rings. The molecule has 1 saturated heterocycles. The second-order valence-electron chi connectivity index (χ2n) is 5.54. The van der Waals surface area contributed by atoms with Crippen LogP contribution in [0.3, 0.4) is 0 Å². The van der Waals surface area contributed by atoms with E-state index in [-0.39, 0.29) is 12.3 Å². The SMILES string of the molecule is COc1cc(C=C2NC(=O)NC2=O)cc(Br)c1OCc1ccc(Cl)c(Cl)c1. The molecule has 2 aromatic rings. The predicted octanol–water partition coefficient (Wildman–Crippen LogP) is 4.52. The van der Waals surface area contributed by atoms with Gasteiger partial charge in [-0.1, -0.05) is 29.3 Å². The zero-order valence-electron chi connectivity index (χ0n) is 13.9. The molecule has 1 fully saturated rings. The molecule has 3 amide bonds. The molecule has 0 spiro atoms. The number of amides is 3. The summed E-state index contributed by atoms with van der Waals surface area (Å²) in [5.74, 6) is 0.460. The van der Waals surface area contributed by atoms with Crippen molar-refractivity contribution in [1.82, 2.24) is 10.6 Å². The van der Waals surface area contributed by atoms with Crippen LogP contribution in [0.25, 0.3) is 6.08 Å². The fraction of sp³-hybridized carbons (Fsp3) is 0.111. The molecule has 27 heavy (non-hydrogen) atoms. The van der Waals surface area contributed by atoms with Crippen molar-refractivity contribution >= 4 is 57.1 Å². The molecule has 0 unspecified atom stereocenters. The van der Waals surface area contributed by atoms with Crippen LogP contribution < -0.4 is 20.1 Å². The van der Waals surface area contributed by atoms with Crippen molar-refractivity contribution in [3.05, 3.63) is 61.7 Å². The van der Waals surface area contributed by atoms with Gasteiger partial charge < -0.3 is 14.8 Å². The smallest absolute Gasteiger partial charge is 0.326 e. The molecule has 3 rings (SSSR count). The minimum Gasteiger partial charge on any atom is -0.493 e. The lowest BCUT2D eigenvalue weighted by Crippen LogP contribution is -2.22. The molecule has 140 valence electrons. The highest BCUT2D eigenvalue weighted by Gasteiger charge is 2.23. The van der Waals surface area contributed by atoms with E-state index in [2.05, 4.69) is 26.6 Å². The van der Waals surface area contributed by atoms with Gasteiger partial charge in [-0.15, -0.1) is 0 Å². The summed E-state index contributed by atoms with van der Waals surface area (Å²) in [5, 5.41) is 5.49. The number of nitrogens with one attached hydrogen (secondary N) is 2. The Kier molecular flexibility index (Phi) is 5.94. The van der Waals surface area contributed by atoms with E-state index in [1.165, 1.54) is 13.2 Å². The number of hydrogen-bond donors (Lipinski definition) is 2. The fourth-order valence-corrected chi connectivity index (χ4v) is 3.29. The Morgan fingerprint density at radius 1 is 1.11 bits per heavy atom. The number of methoxy groups -OCH3 is 1. The second-order valence-corrected chi connectivity index (χ2v) is 7.21. The summed E-state index contributed by atoms with van der Waals surface area (Å²) >= 11 is 15.4. The van der Waals surface area contributed by atoms with E-state index in [0.717, 1.165) is 5.56 Å². The summed E-state index contributed by atoms with van der Waals surface area (Å²) in [6.07, 6.45) is 1.54. The van der Waals surface area contributed by atoms with Gasteiger partial charge in [0.2, 0.25) is 0 Å². The van der Waals surface area contributed by atoms with Crippen molar-refractivity contribution < 1.29 is 19.1 Å². The predicted molar refractivity (Wildman–Crippen MR) is 106 cm³/mol. The summed E-state index contributed by atoms with van der Waals surface area (Å²) in [6.45, 7) is 0.255. The molecule has 1 aliphatic heterocycles. The maximum Gasteiger partial charge on any atom is 0.326 e. The van der Waals surface area contributed by atoms with Gasteiger partial charge in [-0.2, -0.15) is 0 Å². The summed E-state index contributed by atoms with van der Waals surface area (Å²) in [6, 6.07) is 8.13. The molecular weight excluding hydrogens is 459 g/mol. The van der Waals surface area contributed by atoms with Gasteiger partial charge in [-0.05, 0) is 57.4 Å². The number of hydrogen-bond acceptors (Lipinski definition) is 4. The van der Waals surface area contributed by atoms with Crippen LogP contribution in [0.2, 0.25) is 10.0 Å². The minimum atomic E-state index is -0.557. The van der Waals surface area contributed by atoms with Crippen LogP contribution >= 0.6 is 39.1 Å². The minimum absolute atomic E-state index is 0.151. The molecule has 0 aliphatic carbocycles. The first-order valence-corrected chi connectivity index (χ1v) is 9.20. The van der Waals surface area contributed by atoms with Gasteiger partial charge in [0.25, 0.3) is 5.91 Å². The van der Waals surface area contributed by atoms with Crippen LogP contribution in [0.1, 0.15) is 11.1 Å². The highest BCUT2D eigenvalue weighted by atomic mass is 79.9. The Bertz CT molecular complexity index is 963. The first-order chi connectivity index (χ1) is 12.9. The lowest BCUT2D eigenvalue weighted by atomic mass is 10.1. The van der Waals surface area contributed by atoms with Crippen molar-refractivity contribution in [2.24, 2.45) is 0 Å². The maximum absolute atomic E-state index is 11.7. The molecule has 0 bridgehead atoms. The maximum atomic E-state index is 11.7. The van der Waals surface area contributed by atoms with Crippen LogP contribution in [0.15, 0.2) is 40.5 Å². The Balaban J connectivity index is 1.84. The summed E-state index contributed by atoms with van der Waals surface area (Å²) in [7, 11) is 1.51. The topological polar surface area (TPSA) is 76.7 Å². The lowest BCUT2D eigenvalue weighted by molar-refractivity contribution is -0.115. The summed E-state index contributed by atoms with van der Waals surface area (Å²) < 4.78 is 11.9. The molecule has 2 N–H and O–H groups in total. The molecule has 0 aromatic heterocycles. The third kappa shape index (κ3) is 4.55. The van der Waals surface area contributed by atoms with Gasteiger partial charge in [-0.3, -0.25) is 10.1 Å². The van der Waals surface area contributed by atoms with Crippen molar-refractivity contribution in [3.63, 3.8) is 0 Å². The summed E-state index contributed by atoms with van der Waals surface area (Å²) in [5.41, 5.74) is 1.64. The molecule has 0 saturated carbocycles. The number of urea groups is 1. The van der Waals surface area contributed by atoms with Gasteiger partial charge in [-0.25, -0.2) is 4.79 Å². The first kappa shape index (κ1) is 19.5. The third-order valence-corrected chi connectivity index (χ3v) is 4.98. The molecular formula is C18H13BrCl2N2O4.